The molecular formula is C11H16ClNO2. The Hall–Kier alpha value is -0.770. The van der Waals surface area contributed by atoms with Crippen LogP contribution in [0.2, 0.25) is 5.02 Å². The van der Waals surface area contributed by atoms with Crippen LogP contribution in [-0.4, -0.2) is 24.9 Å². The third-order valence-corrected chi connectivity index (χ3v) is 2.23. The molecule has 0 aliphatic carbocycles. The number of halogens is 1. The van der Waals surface area contributed by atoms with Crippen molar-refractivity contribution in [1.82, 2.24) is 5.32 Å². The average molecular weight is 230 g/mol. The Balaban J connectivity index is 2.62. The van der Waals surface area contributed by atoms with Crippen molar-refractivity contribution in [3.05, 3.63) is 28.8 Å². The number of aliphatic hydroxyl groups is 1. The summed E-state index contributed by atoms with van der Waals surface area (Å²) in [4.78, 5) is 0. The lowest BCUT2D eigenvalue weighted by atomic mass is 10.2. The van der Waals surface area contributed by atoms with E-state index in [2.05, 4.69) is 5.32 Å². The summed E-state index contributed by atoms with van der Waals surface area (Å²) in [6.45, 7) is 2.92. The van der Waals surface area contributed by atoms with Crippen molar-refractivity contribution in [2.75, 3.05) is 13.7 Å². The van der Waals surface area contributed by atoms with Crippen LogP contribution in [0.5, 0.6) is 5.75 Å². The van der Waals surface area contributed by atoms with Crippen LogP contribution in [0.3, 0.4) is 0 Å². The van der Waals surface area contributed by atoms with Crippen LogP contribution >= 0.6 is 11.6 Å². The second-order valence-electron chi connectivity index (χ2n) is 3.44. The van der Waals surface area contributed by atoms with Gasteiger partial charge in [0, 0.05) is 23.7 Å². The molecule has 1 atom stereocenters. The molecule has 15 heavy (non-hydrogen) atoms. The monoisotopic (exact) mass is 229 g/mol. The van der Waals surface area contributed by atoms with Crippen molar-refractivity contribution in [3.8, 4) is 5.75 Å². The number of aliphatic hydroxyl groups excluding tert-OH is 1. The maximum Gasteiger partial charge on any atom is 0.123 e. The topological polar surface area (TPSA) is 41.5 Å². The summed E-state index contributed by atoms with van der Waals surface area (Å²) in [7, 11) is 1.63. The average Bonchev–Trinajstić information content (AvgIpc) is 2.17. The molecule has 0 aromatic heterocycles. The van der Waals surface area contributed by atoms with Crippen LogP contribution in [0.1, 0.15) is 12.5 Å². The first-order valence-corrected chi connectivity index (χ1v) is 5.22. The predicted molar refractivity (Wildman–Crippen MR) is 61.4 cm³/mol. The summed E-state index contributed by atoms with van der Waals surface area (Å²) in [6.07, 6.45) is -0.352. The van der Waals surface area contributed by atoms with Gasteiger partial charge in [0.05, 0.1) is 13.2 Å². The smallest absolute Gasteiger partial charge is 0.123 e. The number of rotatable bonds is 5. The largest absolute Gasteiger partial charge is 0.496 e. The van der Waals surface area contributed by atoms with E-state index in [1.165, 1.54) is 0 Å². The fourth-order valence-corrected chi connectivity index (χ4v) is 1.50. The Morgan fingerprint density at radius 2 is 2.27 bits per heavy atom. The SMILES string of the molecule is COc1ccc(Cl)cc1CNCC(C)O. The minimum Gasteiger partial charge on any atom is -0.496 e. The van der Waals surface area contributed by atoms with Crippen LogP contribution < -0.4 is 10.1 Å². The normalized spacial score (nSPS) is 12.5. The quantitative estimate of drug-likeness (QED) is 0.810. The van der Waals surface area contributed by atoms with Gasteiger partial charge in [-0.25, -0.2) is 0 Å². The van der Waals surface area contributed by atoms with Crippen LogP contribution in [0, 0.1) is 0 Å². The van der Waals surface area contributed by atoms with Gasteiger partial charge in [-0.05, 0) is 25.1 Å². The number of methoxy groups -OCH3 is 1. The van der Waals surface area contributed by atoms with Gasteiger partial charge in [-0.2, -0.15) is 0 Å². The summed E-state index contributed by atoms with van der Waals surface area (Å²) in [6, 6.07) is 5.48. The molecule has 84 valence electrons. The number of ether oxygens (including phenoxy) is 1. The van der Waals surface area contributed by atoms with Gasteiger partial charge < -0.3 is 15.2 Å². The molecule has 1 unspecified atom stereocenters. The van der Waals surface area contributed by atoms with Crippen molar-refractivity contribution in [1.29, 1.82) is 0 Å². The number of hydrogen-bond acceptors (Lipinski definition) is 3. The number of hydrogen-bond donors (Lipinski definition) is 2. The maximum atomic E-state index is 9.09. The molecule has 0 spiro atoms. The van der Waals surface area contributed by atoms with Crippen LogP contribution in [0.15, 0.2) is 18.2 Å². The molecule has 0 fully saturated rings. The van der Waals surface area contributed by atoms with E-state index in [1.807, 2.05) is 12.1 Å². The predicted octanol–water partition coefficient (Wildman–Crippen LogP) is 1.82. The number of benzene rings is 1. The third kappa shape index (κ3) is 4.08. The summed E-state index contributed by atoms with van der Waals surface area (Å²) >= 11 is 5.88. The Labute approximate surface area is 95.0 Å². The maximum absolute atomic E-state index is 9.09. The molecule has 0 saturated heterocycles. The van der Waals surface area contributed by atoms with Crippen molar-refractivity contribution < 1.29 is 9.84 Å². The molecule has 0 bridgehead atoms. The van der Waals surface area contributed by atoms with E-state index in [0.717, 1.165) is 11.3 Å². The van der Waals surface area contributed by atoms with Gasteiger partial charge in [-0.1, -0.05) is 11.6 Å². The summed E-state index contributed by atoms with van der Waals surface area (Å²) in [5.74, 6) is 0.803. The fourth-order valence-electron chi connectivity index (χ4n) is 1.30. The Bertz CT molecular complexity index is 315. The van der Waals surface area contributed by atoms with Crippen LogP contribution in [0.4, 0.5) is 0 Å². The zero-order valence-corrected chi connectivity index (χ0v) is 9.71. The Morgan fingerprint density at radius 1 is 1.53 bits per heavy atom. The third-order valence-electron chi connectivity index (χ3n) is 2.00. The van der Waals surface area contributed by atoms with Crippen molar-refractivity contribution in [3.63, 3.8) is 0 Å². The van der Waals surface area contributed by atoms with Crippen molar-refractivity contribution >= 4 is 11.6 Å². The molecule has 0 radical (unpaired) electrons. The Kier molecular flexibility index (Phi) is 4.88. The zero-order valence-electron chi connectivity index (χ0n) is 8.96. The molecule has 2 N–H and O–H groups in total. The molecule has 0 heterocycles. The summed E-state index contributed by atoms with van der Waals surface area (Å²) in [5.41, 5.74) is 0.991. The van der Waals surface area contributed by atoms with E-state index in [9.17, 15) is 0 Å². The fraction of sp³-hybridized carbons (Fsp3) is 0.455. The first kappa shape index (κ1) is 12.3. The highest BCUT2D eigenvalue weighted by molar-refractivity contribution is 6.30. The second kappa shape index (κ2) is 5.95. The van der Waals surface area contributed by atoms with Crippen molar-refractivity contribution in [2.45, 2.75) is 19.6 Å². The van der Waals surface area contributed by atoms with E-state index in [-0.39, 0.29) is 6.10 Å². The first-order valence-electron chi connectivity index (χ1n) is 4.84. The molecule has 4 heteroatoms. The molecule has 1 rings (SSSR count). The van der Waals surface area contributed by atoms with E-state index in [0.29, 0.717) is 18.1 Å². The molecular weight excluding hydrogens is 214 g/mol. The molecule has 3 nitrogen and oxygen atoms in total. The van der Waals surface area contributed by atoms with Gasteiger partial charge in [0.1, 0.15) is 5.75 Å². The summed E-state index contributed by atoms with van der Waals surface area (Å²) in [5, 5.41) is 12.9. The number of nitrogens with one attached hydrogen (secondary N) is 1. The lowest BCUT2D eigenvalue weighted by molar-refractivity contribution is 0.191. The highest BCUT2D eigenvalue weighted by Gasteiger charge is 2.03. The minimum absolute atomic E-state index is 0.352. The Morgan fingerprint density at radius 3 is 2.87 bits per heavy atom. The van der Waals surface area contributed by atoms with Gasteiger partial charge in [-0.3, -0.25) is 0 Å². The van der Waals surface area contributed by atoms with Crippen LogP contribution in [-0.2, 0) is 6.54 Å². The van der Waals surface area contributed by atoms with Gasteiger partial charge in [0.2, 0.25) is 0 Å². The molecule has 0 aliphatic heterocycles. The molecule has 1 aromatic rings. The van der Waals surface area contributed by atoms with E-state index < -0.39 is 0 Å². The van der Waals surface area contributed by atoms with E-state index in [1.54, 1.807) is 20.1 Å². The standard InChI is InChI=1S/C11H16ClNO2/c1-8(14)6-13-7-9-5-10(12)3-4-11(9)15-2/h3-5,8,13-14H,6-7H2,1-2H3. The van der Waals surface area contributed by atoms with E-state index in [4.69, 9.17) is 21.4 Å². The second-order valence-corrected chi connectivity index (χ2v) is 3.87. The lowest BCUT2D eigenvalue weighted by Crippen LogP contribution is -2.24. The van der Waals surface area contributed by atoms with E-state index >= 15 is 0 Å². The van der Waals surface area contributed by atoms with Gasteiger partial charge in [0.25, 0.3) is 0 Å². The van der Waals surface area contributed by atoms with Gasteiger partial charge >= 0.3 is 0 Å². The highest BCUT2D eigenvalue weighted by Crippen LogP contribution is 2.22. The van der Waals surface area contributed by atoms with Gasteiger partial charge in [-0.15, -0.1) is 0 Å². The minimum atomic E-state index is -0.352. The molecule has 0 saturated carbocycles. The summed E-state index contributed by atoms with van der Waals surface area (Å²) < 4.78 is 5.20. The highest BCUT2D eigenvalue weighted by atomic mass is 35.5. The molecule has 0 aliphatic rings. The van der Waals surface area contributed by atoms with Crippen molar-refractivity contribution in [2.24, 2.45) is 0 Å². The first-order chi connectivity index (χ1) is 7.13. The lowest BCUT2D eigenvalue weighted by Gasteiger charge is -2.11. The molecule has 0 amide bonds. The van der Waals surface area contributed by atoms with Crippen LogP contribution in [0.25, 0.3) is 0 Å². The van der Waals surface area contributed by atoms with Gasteiger partial charge in [0.15, 0.2) is 0 Å². The molecule has 1 aromatic carbocycles. The zero-order chi connectivity index (χ0) is 11.3.